The van der Waals surface area contributed by atoms with Crippen LogP contribution < -0.4 is 0 Å². The second-order valence-electron chi connectivity index (χ2n) is 5.45. The molecular formula is C16H8F6INO7. The zero-order valence-corrected chi connectivity index (χ0v) is 16.6. The van der Waals surface area contributed by atoms with Gasteiger partial charge in [-0.05, 0) is 46.9 Å². The van der Waals surface area contributed by atoms with Crippen LogP contribution in [0.4, 0.5) is 32.0 Å². The fourth-order valence-corrected chi connectivity index (χ4v) is 2.60. The van der Waals surface area contributed by atoms with E-state index in [4.69, 9.17) is 10.2 Å². The van der Waals surface area contributed by atoms with Crippen molar-refractivity contribution in [3.8, 4) is 5.75 Å². The quantitative estimate of drug-likeness (QED) is 0.205. The number of aromatic hydroxyl groups is 1. The van der Waals surface area contributed by atoms with Crippen LogP contribution in [0.5, 0.6) is 5.75 Å². The first-order valence-corrected chi connectivity index (χ1v) is 8.46. The van der Waals surface area contributed by atoms with Gasteiger partial charge >= 0.3 is 30.0 Å². The number of alkyl halides is 6. The first kappa shape index (κ1) is 25.9. The van der Waals surface area contributed by atoms with Crippen LogP contribution in [0.1, 0.15) is 31.8 Å². The van der Waals surface area contributed by atoms with E-state index >= 15 is 0 Å². The van der Waals surface area contributed by atoms with Crippen LogP contribution in [0.2, 0.25) is 0 Å². The molecule has 0 aliphatic carbocycles. The lowest BCUT2D eigenvalue weighted by Gasteiger charge is -2.13. The van der Waals surface area contributed by atoms with Crippen molar-refractivity contribution in [1.82, 2.24) is 0 Å². The molecule has 8 nitrogen and oxygen atoms in total. The van der Waals surface area contributed by atoms with Crippen molar-refractivity contribution in [2.45, 2.75) is 12.4 Å². The third-order valence-corrected chi connectivity index (χ3v) is 4.19. The van der Waals surface area contributed by atoms with Crippen LogP contribution >= 0.6 is 22.6 Å². The molecule has 2 aromatic carbocycles. The van der Waals surface area contributed by atoms with E-state index in [0.717, 1.165) is 12.1 Å². The highest BCUT2D eigenvalue weighted by Gasteiger charge is 2.39. The average Bonchev–Trinajstić information content (AvgIpc) is 2.61. The standard InChI is InChI=1S/C9H4F6O2.C7H4INO5/c10-8(11,12)4-1-2-5(7(16)17)6(3-4)9(13,14)15;8-4-1-3(7(11)12)2-5(6(4)10)9(13)14/h1-3H,(H,16,17);1-2,10H,(H,11,12). The number of nitrogens with zero attached hydrogens (tertiary/aromatic N) is 1. The van der Waals surface area contributed by atoms with E-state index in [0.29, 0.717) is 6.07 Å². The maximum atomic E-state index is 12.3. The first-order chi connectivity index (χ1) is 14.0. The maximum Gasteiger partial charge on any atom is 0.417 e. The Labute approximate surface area is 181 Å². The van der Waals surface area contributed by atoms with E-state index in [1.807, 2.05) is 0 Å². The summed E-state index contributed by atoms with van der Waals surface area (Å²) in [6, 6.07) is 2.33. The average molecular weight is 567 g/mol. The second-order valence-corrected chi connectivity index (χ2v) is 6.61. The summed E-state index contributed by atoms with van der Waals surface area (Å²) < 4.78 is 73.7. The van der Waals surface area contributed by atoms with E-state index in [1.165, 1.54) is 0 Å². The maximum absolute atomic E-state index is 12.3. The summed E-state index contributed by atoms with van der Waals surface area (Å²) in [5, 5.41) is 36.7. The molecule has 0 amide bonds. The normalized spacial score (nSPS) is 11.3. The Morgan fingerprint density at radius 2 is 1.48 bits per heavy atom. The number of phenols is 1. The van der Waals surface area contributed by atoms with Gasteiger partial charge in [0.2, 0.25) is 5.75 Å². The molecule has 0 radical (unpaired) electrons. The van der Waals surface area contributed by atoms with Crippen molar-refractivity contribution in [2.24, 2.45) is 0 Å². The molecule has 31 heavy (non-hydrogen) atoms. The molecule has 0 unspecified atom stereocenters. The number of hydrogen-bond acceptors (Lipinski definition) is 5. The summed E-state index contributed by atoms with van der Waals surface area (Å²) in [6.07, 6.45) is -10.1. The van der Waals surface area contributed by atoms with Gasteiger partial charge in [0.05, 0.1) is 30.7 Å². The SMILES string of the molecule is O=C(O)c1cc(I)c(O)c([N+](=O)[O-])c1.O=C(O)c1ccc(C(F)(F)F)cc1C(F)(F)F. The Balaban J connectivity index is 0.000000316. The fraction of sp³-hybridized carbons (Fsp3) is 0.125. The Bertz CT molecular complexity index is 1040. The van der Waals surface area contributed by atoms with Gasteiger partial charge in [0, 0.05) is 6.07 Å². The molecule has 0 bridgehead atoms. The number of carboxylic acid groups (broad SMARTS) is 2. The predicted octanol–water partition coefficient (Wildman–Crippen LogP) is 5.03. The highest BCUT2D eigenvalue weighted by molar-refractivity contribution is 14.1. The van der Waals surface area contributed by atoms with Crippen LogP contribution in [0.25, 0.3) is 0 Å². The molecule has 0 saturated carbocycles. The van der Waals surface area contributed by atoms with Gasteiger partial charge in [0.15, 0.2) is 0 Å². The van der Waals surface area contributed by atoms with Crippen LogP contribution in [0, 0.1) is 13.7 Å². The molecule has 0 aliphatic rings. The molecule has 0 spiro atoms. The summed E-state index contributed by atoms with van der Waals surface area (Å²) in [4.78, 5) is 30.5. The van der Waals surface area contributed by atoms with Gasteiger partial charge in [0.1, 0.15) is 0 Å². The molecule has 2 rings (SSSR count). The fourth-order valence-electron chi connectivity index (χ4n) is 1.99. The van der Waals surface area contributed by atoms with Gasteiger partial charge in [-0.3, -0.25) is 10.1 Å². The number of benzene rings is 2. The van der Waals surface area contributed by atoms with Crippen LogP contribution in [-0.2, 0) is 12.4 Å². The highest BCUT2D eigenvalue weighted by atomic mass is 127. The Hall–Kier alpha value is -3.11. The van der Waals surface area contributed by atoms with Crippen LogP contribution in [-0.4, -0.2) is 32.2 Å². The third-order valence-electron chi connectivity index (χ3n) is 3.37. The van der Waals surface area contributed by atoms with Gasteiger partial charge < -0.3 is 15.3 Å². The Morgan fingerprint density at radius 3 is 1.87 bits per heavy atom. The molecule has 15 heteroatoms. The summed E-state index contributed by atoms with van der Waals surface area (Å²) in [5.74, 6) is -3.72. The minimum absolute atomic E-state index is 0.134. The second kappa shape index (κ2) is 9.36. The smallest absolute Gasteiger partial charge is 0.417 e. The minimum Gasteiger partial charge on any atom is -0.501 e. The number of rotatable bonds is 3. The zero-order valence-electron chi connectivity index (χ0n) is 14.5. The number of hydrogen-bond donors (Lipinski definition) is 3. The minimum atomic E-state index is -5.16. The molecule has 0 heterocycles. The molecule has 2 aromatic rings. The highest BCUT2D eigenvalue weighted by Crippen LogP contribution is 2.37. The largest absolute Gasteiger partial charge is 0.501 e. The lowest BCUT2D eigenvalue weighted by Crippen LogP contribution is -2.15. The number of aromatic carboxylic acids is 2. The third kappa shape index (κ3) is 6.69. The zero-order chi connectivity index (χ0) is 24.3. The lowest BCUT2D eigenvalue weighted by atomic mass is 10.0. The molecule has 3 N–H and O–H groups in total. The molecule has 168 valence electrons. The van der Waals surface area contributed by atoms with Gasteiger partial charge in [-0.1, -0.05) is 0 Å². The number of nitro benzene ring substituents is 1. The van der Waals surface area contributed by atoms with Gasteiger partial charge in [-0.25, -0.2) is 9.59 Å². The van der Waals surface area contributed by atoms with Crippen molar-refractivity contribution in [2.75, 3.05) is 0 Å². The van der Waals surface area contributed by atoms with Crippen molar-refractivity contribution in [1.29, 1.82) is 0 Å². The van der Waals surface area contributed by atoms with E-state index in [-0.39, 0.29) is 21.3 Å². The topological polar surface area (TPSA) is 138 Å². The van der Waals surface area contributed by atoms with Crippen LogP contribution in [0.15, 0.2) is 30.3 Å². The number of nitro groups is 1. The molecular weight excluding hydrogens is 559 g/mol. The van der Waals surface area contributed by atoms with Crippen molar-refractivity contribution in [3.63, 3.8) is 0 Å². The van der Waals surface area contributed by atoms with Gasteiger partial charge in [0.25, 0.3) is 0 Å². The molecule has 0 fully saturated rings. The molecule has 0 aromatic heterocycles. The van der Waals surface area contributed by atoms with Crippen molar-refractivity contribution < 1.29 is 56.2 Å². The Kier molecular flexibility index (Phi) is 7.83. The van der Waals surface area contributed by atoms with Crippen molar-refractivity contribution >= 4 is 40.2 Å². The Morgan fingerprint density at radius 1 is 0.935 bits per heavy atom. The number of carboxylic acids is 2. The summed E-state index contributed by atoms with van der Waals surface area (Å²) in [7, 11) is 0. The van der Waals surface area contributed by atoms with E-state index in [9.17, 15) is 51.2 Å². The predicted molar refractivity (Wildman–Crippen MR) is 97.8 cm³/mol. The summed E-state index contributed by atoms with van der Waals surface area (Å²) >= 11 is 1.62. The monoisotopic (exact) mass is 567 g/mol. The lowest BCUT2D eigenvalue weighted by molar-refractivity contribution is -0.386. The number of carbonyl (C=O) groups is 2. The molecule has 0 atom stereocenters. The van der Waals surface area contributed by atoms with Crippen molar-refractivity contribution in [3.05, 3.63) is 66.3 Å². The van der Waals surface area contributed by atoms with E-state index in [1.54, 1.807) is 22.6 Å². The summed E-state index contributed by atoms with van der Waals surface area (Å²) in [6.45, 7) is 0. The molecule has 0 saturated heterocycles. The van der Waals surface area contributed by atoms with Crippen LogP contribution in [0.3, 0.4) is 0 Å². The van der Waals surface area contributed by atoms with E-state index < -0.39 is 57.3 Å². The molecule has 0 aliphatic heterocycles. The van der Waals surface area contributed by atoms with Gasteiger partial charge in [-0.2, -0.15) is 26.3 Å². The first-order valence-electron chi connectivity index (χ1n) is 7.38. The number of phenolic OH excluding ortho intramolecular Hbond substituents is 1. The number of halogens is 7. The van der Waals surface area contributed by atoms with E-state index in [2.05, 4.69) is 0 Å². The summed E-state index contributed by atoms with van der Waals surface area (Å²) in [5.41, 5.74) is -5.41. The van der Waals surface area contributed by atoms with Gasteiger partial charge in [-0.15, -0.1) is 0 Å².